The fourth-order valence-electron chi connectivity index (χ4n) is 4.48. The van der Waals surface area contributed by atoms with Crippen molar-refractivity contribution in [1.29, 1.82) is 0 Å². The zero-order chi connectivity index (χ0) is 15.6. The van der Waals surface area contributed by atoms with Gasteiger partial charge in [0.15, 0.2) is 0 Å². The fraction of sp³-hybridized carbons (Fsp3) is 0.238. The summed E-state index contributed by atoms with van der Waals surface area (Å²) >= 11 is 0. The van der Waals surface area contributed by atoms with Crippen LogP contribution in [0.15, 0.2) is 48.8 Å². The average Bonchev–Trinajstić information content (AvgIpc) is 3.07. The Labute approximate surface area is 136 Å². The van der Waals surface area contributed by atoms with Crippen LogP contribution in [0.2, 0.25) is 0 Å². The van der Waals surface area contributed by atoms with Crippen molar-refractivity contribution in [3.05, 3.63) is 82.2 Å². The second kappa shape index (κ2) is 4.29. The van der Waals surface area contributed by atoms with E-state index in [1.54, 1.807) is 0 Å². The van der Waals surface area contributed by atoms with Crippen LogP contribution in [0, 0.1) is 13.8 Å². The molecule has 0 radical (unpaired) electrons. The van der Waals surface area contributed by atoms with Gasteiger partial charge in [-0.2, -0.15) is 0 Å². The first-order valence-corrected chi connectivity index (χ1v) is 8.23. The number of aromatic nitrogens is 2. The van der Waals surface area contributed by atoms with Crippen molar-refractivity contribution in [3.63, 3.8) is 0 Å². The predicted octanol–water partition coefficient (Wildman–Crippen LogP) is 4.35. The van der Waals surface area contributed by atoms with Crippen LogP contribution < -0.4 is 0 Å². The highest BCUT2D eigenvalue weighted by Crippen LogP contribution is 2.57. The molecule has 0 amide bonds. The SMILES string of the molecule is Cc1cnc2c(c1)C1(CCc3ccccc31)c1cc(C)cnc1-2. The summed E-state index contributed by atoms with van der Waals surface area (Å²) in [4.78, 5) is 9.52. The third-order valence-corrected chi connectivity index (χ3v) is 5.44. The normalized spacial score (nSPS) is 16.3. The summed E-state index contributed by atoms with van der Waals surface area (Å²) in [6, 6.07) is 13.5. The standard InChI is InChI=1S/C21H18N2/c1-13-9-17-19(22-11-13)20-18(10-14(2)12-23-20)21(17)8-7-15-5-3-4-6-16(15)21/h3-6,9-12H,7-8H2,1-2H3. The number of pyridine rings is 2. The highest BCUT2D eigenvalue weighted by Gasteiger charge is 2.49. The summed E-state index contributed by atoms with van der Waals surface area (Å²) in [5, 5.41) is 0. The molecule has 5 rings (SSSR count). The quantitative estimate of drug-likeness (QED) is 0.616. The van der Waals surface area contributed by atoms with Crippen LogP contribution in [0.4, 0.5) is 0 Å². The highest BCUT2D eigenvalue weighted by atomic mass is 14.8. The molecule has 0 unspecified atom stereocenters. The number of hydrogen-bond acceptors (Lipinski definition) is 2. The molecule has 0 saturated heterocycles. The number of fused-ring (bicyclic) bond motifs is 7. The van der Waals surface area contributed by atoms with Crippen LogP contribution in [0.5, 0.6) is 0 Å². The Hall–Kier alpha value is -2.48. The van der Waals surface area contributed by atoms with Crippen molar-refractivity contribution in [2.45, 2.75) is 32.1 Å². The minimum absolute atomic E-state index is 0.0563. The van der Waals surface area contributed by atoms with Crippen LogP contribution >= 0.6 is 0 Å². The molecular formula is C21H18N2. The van der Waals surface area contributed by atoms with Gasteiger partial charge in [-0.1, -0.05) is 36.4 Å². The molecule has 0 saturated carbocycles. The van der Waals surface area contributed by atoms with E-state index in [-0.39, 0.29) is 5.41 Å². The smallest absolute Gasteiger partial charge is 0.0934 e. The second-order valence-corrected chi connectivity index (χ2v) is 6.88. The van der Waals surface area contributed by atoms with E-state index in [1.165, 1.54) is 33.4 Å². The maximum Gasteiger partial charge on any atom is 0.0934 e. The van der Waals surface area contributed by atoms with Gasteiger partial charge in [0.2, 0.25) is 0 Å². The van der Waals surface area contributed by atoms with E-state index in [1.807, 2.05) is 12.4 Å². The zero-order valence-electron chi connectivity index (χ0n) is 13.4. The summed E-state index contributed by atoms with van der Waals surface area (Å²) in [5.41, 5.74) is 10.1. The van der Waals surface area contributed by atoms with E-state index in [0.717, 1.165) is 24.2 Å². The topological polar surface area (TPSA) is 25.8 Å². The third kappa shape index (κ3) is 1.53. The number of nitrogens with zero attached hydrogens (tertiary/aromatic N) is 2. The van der Waals surface area contributed by atoms with Gasteiger partial charge >= 0.3 is 0 Å². The molecule has 2 aromatic heterocycles. The van der Waals surface area contributed by atoms with Gasteiger partial charge in [-0.25, -0.2) is 0 Å². The zero-order valence-corrected chi connectivity index (χ0v) is 13.4. The Bertz CT molecular complexity index is 904. The Morgan fingerprint density at radius 3 is 2.09 bits per heavy atom. The maximum atomic E-state index is 4.76. The largest absolute Gasteiger partial charge is 0.254 e. The lowest BCUT2D eigenvalue weighted by Crippen LogP contribution is -2.24. The van der Waals surface area contributed by atoms with Gasteiger partial charge in [0, 0.05) is 12.4 Å². The van der Waals surface area contributed by atoms with E-state index in [4.69, 9.17) is 9.97 Å². The van der Waals surface area contributed by atoms with E-state index in [0.29, 0.717) is 0 Å². The van der Waals surface area contributed by atoms with Crippen molar-refractivity contribution in [1.82, 2.24) is 9.97 Å². The predicted molar refractivity (Wildman–Crippen MR) is 91.6 cm³/mol. The molecule has 2 heteroatoms. The number of rotatable bonds is 0. The third-order valence-electron chi connectivity index (χ3n) is 5.44. The summed E-state index contributed by atoms with van der Waals surface area (Å²) in [6.07, 6.45) is 6.16. The lowest BCUT2D eigenvalue weighted by molar-refractivity contribution is 0.623. The highest BCUT2D eigenvalue weighted by molar-refractivity contribution is 5.80. The van der Waals surface area contributed by atoms with Crippen molar-refractivity contribution >= 4 is 0 Å². The van der Waals surface area contributed by atoms with Crippen LogP contribution in [-0.4, -0.2) is 9.97 Å². The van der Waals surface area contributed by atoms with Gasteiger partial charge < -0.3 is 0 Å². The molecular weight excluding hydrogens is 280 g/mol. The Balaban J connectivity index is 1.93. The van der Waals surface area contributed by atoms with Gasteiger partial charge in [-0.15, -0.1) is 0 Å². The minimum atomic E-state index is -0.0563. The van der Waals surface area contributed by atoms with Crippen molar-refractivity contribution in [2.24, 2.45) is 0 Å². The molecule has 2 nitrogen and oxygen atoms in total. The molecule has 2 aliphatic rings. The molecule has 112 valence electrons. The first-order chi connectivity index (χ1) is 11.2. The molecule has 3 aromatic rings. The molecule has 23 heavy (non-hydrogen) atoms. The lowest BCUT2D eigenvalue weighted by Gasteiger charge is -2.28. The monoisotopic (exact) mass is 298 g/mol. The molecule has 0 N–H and O–H groups in total. The van der Waals surface area contributed by atoms with Crippen LogP contribution in [0.3, 0.4) is 0 Å². The number of benzene rings is 1. The molecule has 0 aliphatic heterocycles. The Morgan fingerprint density at radius 2 is 1.43 bits per heavy atom. The Kier molecular flexibility index (Phi) is 2.42. The van der Waals surface area contributed by atoms with Gasteiger partial charge in [0.25, 0.3) is 0 Å². The number of aryl methyl sites for hydroxylation is 3. The lowest BCUT2D eigenvalue weighted by atomic mass is 9.73. The minimum Gasteiger partial charge on any atom is -0.254 e. The summed E-state index contributed by atoms with van der Waals surface area (Å²) < 4.78 is 0. The van der Waals surface area contributed by atoms with Crippen LogP contribution in [0.25, 0.3) is 11.4 Å². The molecule has 0 bridgehead atoms. The molecule has 1 aromatic carbocycles. The molecule has 0 fully saturated rings. The summed E-state index contributed by atoms with van der Waals surface area (Å²) in [7, 11) is 0. The van der Waals surface area contributed by atoms with E-state index in [9.17, 15) is 0 Å². The van der Waals surface area contributed by atoms with E-state index < -0.39 is 0 Å². The van der Waals surface area contributed by atoms with Crippen molar-refractivity contribution < 1.29 is 0 Å². The van der Waals surface area contributed by atoms with E-state index in [2.05, 4.69) is 50.2 Å². The maximum absolute atomic E-state index is 4.76. The molecule has 2 aliphatic carbocycles. The molecule has 1 spiro atoms. The molecule has 0 atom stereocenters. The first kappa shape index (κ1) is 13.0. The number of hydrogen-bond donors (Lipinski definition) is 0. The van der Waals surface area contributed by atoms with Gasteiger partial charge in [-0.3, -0.25) is 9.97 Å². The first-order valence-electron chi connectivity index (χ1n) is 8.23. The summed E-state index contributed by atoms with van der Waals surface area (Å²) in [5.74, 6) is 0. The molecule has 2 heterocycles. The Morgan fingerprint density at radius 1 is 0.826 bits per heavy atom. The van der Waals surface area contributed by atoms with Gasteiger partial charge in [0.1, 0.15) is 0 Å². The van der Waals surface area contributed by atoms with Crippen LogP contribution in [-0.2, 0) is 11.8 Å². The van der Waals surface area contributed by atoms with Crippen molar-refractivity contribution in [2.75, 3.05) is 0 Å². The van der Waals surface area contributed by atoms with E-state index >= 15 is 0 Å². The van der Waals surface area contributed by atoms with Crippen LogP contribution in [0.1, 0.15) is 39.8 Å². The van der Waals surface area contributed by atoms with Gasteiger partial charge in [0.05, 0.1) is 16.8 Å². The second-order valence-electron chi connectivity index (χ2n) is 6.88. The van der Waals surface area contributed by atoms with Crippen molar-refractivity contribution in [3.8, 4) is 11.4 Å². The summed E-state index contributed by atoms with van der Waals surface area (Å²) in [6.45, 7) is 4.26. The van der Waals surface area contributed by atoms with Gasteiger partial charge in [-0.05, 0) is 60.1 Å². The fourth-order valence-corrected chi connectivity index (χ4v) is 4.48. The average molecular weight is 298 g/mol.